The quantitative estimate of drug-likeness (QED) is 0.744. The highest BCUT2D eigenvalue weighted by atomic mass is 35.5. The SMILES string of the molecule is CC1CCC(n2c(CCl)nc3cc(Cl)cnc32)C(C)C1. The minimum Gasteiger partial charge on any atom is -0.308 e. The molecule has 0 bridgehead atoms. The Morgan fingerprint density at radius 1 is 1.35 bits per heavy atom. The van der Waals surface area contributed by atoms with Crippen LogP contribution in [0.2, 0.25) is 5.02 Å². The molecule has 108 valence electrons. The molecule has 0 aromatic carbocycles. The van der Waals surface area contributed by atoms with Crippen molar-refractivity contribution in [1.82, 2.24) is 14.5 Å². The van der Waals surface area contributed by atoms with Crippen molar-refractivity contribution in [3.05, 3.63) is 23.1 Å². The van der Waals surface area contributed by atoms with Crippen molar-refractivity contribution in [1.29, 1.82) is 0 Å². The van der Waals surface area contributed by atoms with Crippen LogP contribution in [0.25, 0.3) is 11.2 Å². The molecule has 3 nitrogen and oxygen atoms in total. The summed E-state index contributed by atoms with van der Waals surface area (Å²) in [7, 11) is 0. The predicted octanol–water partition coefficient (Wildman–Crippen LogP) is 4.82. The summed E-state index contributed by atoms with van der Waals surface area (Å²) in [5, 5.41) is 0.619. The first-order chi connectivity index (χ1) is 9.60. The van der Waals surface area contributed by atoms with Crippen LogP contribution in [0.15, 0.2) is 12.3 Å². The maximum absolute atomic E-state index is 6.09. The van der Waals surface area contributed by atoms with Gasteiger partial charge in [-0.15, -0.1) is 11.6 Å². The Labute approximate surface area is 129 Å². The number of hydrogen-bond acceptors (Lipinski definition) is 2. The number of nitrogens with zero attached hydrogens (tertiary/aromatic N) is 3. The van der Waals surface area contributed by atoms with Crippen LogP contribution in [-0.4, -0.2) is 14.5 Å². The maximum atomic E-state index is 6.09. The highest BCUT2D eigenvalue weighted by Gasteiger charge is 2.29. The number of fused-ring (bicyclic) bond motifs is 1. The van der Waals surface area contributed by atoms with E-state index in [2.05, 4.69) is 28.4 Å². The van der Waals surface area contributed by atoms with Crippen molar-refractivity contribution in [2.24, 2.45) is 11.8 Å². The van der Waals surface area contributed by atoms with Gasteiger partial charge < -0.3 is 4.57 Å². The molecule has 1 fully saturated rings. The summed E-state index contributed by atoms with van der Waals surface area (Å²) in [4.78, 5) is 9.09. The van der Waals surface area contributed by atoms with E-state index in [0.717, 1.165) is 22.9 Å². The third-order valence-corrected chi connectivity index (χ3v) is 4.85. The Kier molecular flexibility index (Phi) is 3.91. The molecule has 2 aromatic rings. The molecular weight excluding hydrogens is 293 g/mol. The fourth-order valence-electron chi connectivity index (χ4n) is 3.48. The number of alkyl halides is 1. The Morgan fingerprint density at radius 3 is 2.85 bits per heavy atom. The van der Waals surface area contributed by atoms with Crippen LogP contribution in [0.4, 0.5) is 0 Å². The van der Waals surface area contributed by atoms with Crippen molar-refractivity contribution in [3.8, 4) is 0 Å². The molecule has 1 aliphatic carbocycles. The molecule has 3 rings (SSSR count). The second kappa shape index (κ2) is 5.53. The highest BCUT2D eigenvalue weighted by molar-refractivity contribution is 6.31. The molecule has 0 aliphatic heterocycles. The fraction of sp³-hybridized carbons (Fsp3) is 0.600. The number of pyridine rings is 1. The molecule has 0 amide bonds. The van der Waals surface area contributed by atoms with E-state index in [0.29, 0.717) is 22.9 Å². The van der Waals surface area contributed by atoms with Crippen LogP contribution in [0.3, 0.4) is 0 Å². The van der Waals surface area contributed by atoms with Gasteiger partial charge in [0.2, 0.25) is 0 Å². The third kappa shape index (κ3) is 2.42. The van der Waals surface area contributed by atoms with Gasteiger partial charge in [-0.3, -0.25) is 0 Å². The molecule has 3 unspecified atom stereocenters. The lowest BCUT2D eigenvalue weighted by molar-refractivity contribution is 0.208. The molecule has 1 saturated carbocycles. The van der Waals surface area contributed by atoms with Crippen molar-refractivity contribution in [2.45, 2.75) is 45.0 Å². The Bertz CT molecular complexity index is 623. The van der Waals surface area contributed by atoms with Gasteiger partial charge in [0.25, 0.3) is 0 Å². The van der Waals surface area contributed by atoms with E-state index >= 15 is 0 Å². The summed E-state index contributed by atoms with van der Waals surface area (Å²) in [6.07, 6.45) is 5.36. The molecule has 2 heterocycles. The zero-order valence-electron chi connectivity index (χ0n) is 11.8. The van der Waals surface area contributed by atoms with Gasteiger partial charge in [-0.2, -0.15) is 0 Å². The first kappa shape index (κ1) is 14.2. The average Bonchev–Trinajstić information content (AvgIpc) is 2.76. The molecule has 0 saturated heterocycles. The predicted molar refractivity (Wildman–Crippen MR) is 83.3 cm³/mol. The highest BCUT2D eigenvalue weighted by Crippen LogP contribution is 2.39. The molecule has 1 aliphatic rings. The summed E-state index contributed by atoms with van der Waals surface area (Å²) >= 11 is 12.1. The van der Waals surface area contributed by atoms with Crippen LogP contribution >= 0.6 is 23.2 Å². The van der Waals surface area contributed by atoms with Gasteiger partial charge in [0, 0.05) is 12.2 Å². The normalized spacial score (nSPS) is 27.1. The number of imidazole rings is 1. The Morgan fingerprint density at radius 2 is 2.15 bits per heavy atom. The van der Waals surface area contributed by atoms with Gasteiger partial charge >= 0.3 is 0 Å². The van der Waals surface area contributed by atoms with Gasteiger partial charge in [-0.05, 0) is 37.2 Å². The van der Waals surface area contributed by atoms with Crippen molar-refractivity contribution in [3.63, 3.8) is 0 Å². The van der Waals surface area contributed by atoms with Crippen LogP contribution in [0.5, 0.6) is 0 Å². The van der Waals surface area contributed by atoms with E-state index in [1.807, 2.05) is 6.07 Å². The smallest absolute Gasteiger partial charge is 0.160 e. The summed E-state index contributed by atoms with van der Waals surface area (Å²) < 4.78 is 2.25. The summed E-state index contributed by atoms with van der Waals surface area (Å²) in [5.41, 5.74) is 1.76. The van der Waals surface area contributed by atoms with Crippen LogP contribution < -0.4 is 0 Å². The van der Waals surface area contributed by atoms with Crippen LogP contribution in [0, 0.1) is 11.8 Å². The lowest BCUT2D eigenvalue weighted by Crippen LogP contribution is -2.26. The molecule has 0 N–H and O–H groups in total. The fourth-order valence-corrected chi connectivity index (χ4v) is 3.82. The van der Waals surface area contributed by atoms with Gasteiger partial charge in [-0.1, -0.05) is 25.4 Å². The first-order valence-corrected chi connectivity index (χ1v) is 8.09. The van der Waals surface area contributed by atoms with Crippen LogP contribution in [-0.2, 0) is 5.88 Å². The molecule has 3 atom stereocenters. The Hall–Kier alpha value is -0.800. The van der Waals surface area contributed by atoms with Gasteiger partial charge in [0.1, 0.15) is 11.3 Å². The van der Waals surface area contributed by atoms with E-state index in [-0.39, 0.29) is 0 Å². The van der Waals surface area contributed by atoms with E-state index in [9.17, 15) is 0 Å². The van der Waals surface area contributed by atoms with E-state index in [4.69, 9.17) is 23.2 Å². The van der Waals surface area contributed by atoms with E-state index < -0.39 is 0 Å². The standard InChI is InChI=1S/C15H19Cl2N3/c1-9-3-4-13(10(2)5-9)20-14(7-16)19-12-6-11(17)8-18-15(12)20/h6,8-10,13H,3-5,7H2,1-2H3. The minimum absolute atomic E-state index is 0.409. The molecule has 0 radical (unpaired) electrons. The summed E-state index contributed by atoms with van der Waals surface area (Å²) in [5.74, 6) is 2.74. The van der Waals surface area contributed by atoms with Gasteiger partial charge in [0.05, 0.1) is 10.9 Å². The zero-order valence-corrected chi connectivity index (χ0v) is 13.3. The van der Waals surface area contributed by atoms with Gasteiger partial charge in [-0.25, -0.2) is 9.97 Å². The minimum atomic E-state index is 0.409. The molecule has 20 heavy (non-hydrogen) atoms. The molecule has 0 spiro atoms. The molecule has 5 heteroatoms. The van der Waals surface area contributed by atoms with Crippen molar-refractivity contribution < 1.29 is 0 Å². The lowest BCUT2D eigenvalue weighted by atomic mass is 9.79. The largest absolute Gasteiger partial charge is 0.308 e. The topological polar surface area (TPSA) is 30.7 Å². The number of aromatic nitrogens is 3. The van der Waals surface area contributed by atoms with Crippen molar-refractivity contribution >= 4 is 34.4 Å². The van der Waals surface area contributed by atoms with Crippen LogP contribution in [0.1, 0.15) is 45.0 Å². The second-order valence-electron chi connectivity index (χ2n) is 5.99. The first-order valence-electron chi connectivity index (χ1n) is 7.18. The van der Waals surface area contributed by atoms with Crippen molar-refractivity contribution in [2.75, 3.05) is 0 Å². The maximum Gasteiger partial charge on any atom is 0.160 e. The summed E-state index contributed by atoms with van der Waals surface area (Å²) in [6, 6.07) is 2.31. The zero-order chi connectivity index (χ0) is 14.3. The average molecular weight is 312 g/mol. The number of rotatable bonds is 2. The summed E-state index contributed by atoms with van der Waals surface area (Å²) in [6.45, 7) is 4.65. The lowest BCUT2D eigenvalue weighted by Gasteiger charge is -2.34. The van der Waals surface area contributed by atoms with E-state index in [1.165, 1.54) is 19.3 Å². The Balaban J connectivity index is 2.09. The number of halogens is 2. The monoisotopic (exact) mass is 311 g/mol. The third-order valence-electron chi connectivity index (χ3n) is 4.41. The van der Waals surface area contributed by atoms with Gasteiger partial charge in [0.15, 0.2) is 5.65 Å². The molecule has 2 aromatic heterocycles. The van der Waals surface area contributed by atoms with E-state index in [1.54, 1.807) is 6.20 Å². The molecular formula is C15H19Cl2N3. The second-order valence-corrected chi connectivity index (χ2v) is 6.69. The number of hydrogen-bond donors (Lipinski definition) is 0.